The standard InChI is InChI=1S/C21H16ClN3OS/c1-2-14-3-7-16(8-4-14)19-13-27-21(24-19)25-20(26)17(12-23)11-15-5-9-18(22)10-6-15/h3-11,13H,2H2,1H3,(H,24,25,26)/b17-11+. The number of aryl methyl sites for hydroxylation is 1. The molecule has 1 aromatic heterocycles. The highest BCUT2D eigenvalue weighted by Gasteiger charge is 2.12. The van der Waals surface area contributed by atoms with E-state index < -0.39 is 5.91 Å². The molecular weight excluding hydrogens is 378 g/mol. The topological polar surface area (TPSA) is 65.8 Å². The zero-order valence-corrected chi connectivity index (χ0v) is 16.1. The molecular formula is C21H16ClN3OS. The van der Waals surface area contributed by atoms with Crippen LogP contribution in [0.15, 0.2) is 59.5 Å². The van der Waals surface area contributed by atoms with Gasteiger partial charge in [-0.1, -0.05) is 54.9 Å². The van der Waals surface area contributed by atoms with Crippen LogP contribution in [0.2, 0.25) is 5.02 Å². The fourth-order valence-corrected chi connectivity index (χ4v) is 3.25. The Morgan fingerprint density at radius 2 is 1.93 bits per heavy atom. The number of nitrogens with zero attached hydrogens (tertiary/aromatic N) is 2. The molecule has 0 saturated heterocycles. The minimum atomic E-state index is -0.491. The third kappa shape index (κ3) is 4.82. The van der Waals surface area contributed by atoms with E-state index in [-0.39, 0.29) is 5.57 Å². The van der Waals surface area contributed by atoms with Crippen LogP contribution in [0, 0.1) is 11.3 Å². The number of amides is 1. The molecule has 4 nitrogen and oxygen atoms in total. The van der Waals surface area contributed by atoms with Crippen LogP contribution in [0.4, 0.5) is 5.13 Å². The molecule has 0 atom stereocenters. The van der Waals surface area contributed by atoms with Crippen LogP contribution in [-0.4, -0.2) is 10.9 Å². The van der Waals surface area contributed by atoms with Crippen molar-refractivity contribution in [2.75, 3.05) is 5.32 Å². The summed E-state index contributed by atoms with van der Waals surface area (Å²) < 4.78 is 0. The molecule has 1 amide bonds. The summed E-state index contributed by atoms with van der Waals surface area (Å²) in [6, 6.07) is 17.0. The van der Waals surface area contributed by atoms with Crippen LogP contribution in [0.1, 0.15) is 18.1 Å². The van der Waals surface area contributed by atoms with Crippen LogP contribution in [0.25, 0.3) is 17.3 Å². The molecule has 1 N–H and O–H groups in total. The van der Waals surface area contributed by atoms with Crippen LogP contribution < -0.4 is 5.32 Å². The first-order valence-electron chi connectivity index (χ1n) is 8.32. The highest BCUT2D eigenvalue weighted by molar-refractivity contribution is 7.14. The van der Waals surface area contributed by atoms with E-state index >= 15 is 0 Å². The first-order chi connectivity index (χ1) is 13.1. The first kappa shape index (κ1) is 18.8. The van der Waals surface area contributed by atoms with Crippen molar-refractivity contribution in [3.05, 3.63) is 75.6 Å². The normalized spacial score (nSPS) is 11.1. The van der Waals surface area contributed by atoms with Gasteiger partial charge in [0.25, 0.3) is 5.91 Å². The van der Waals surface area contributed by atoms with E-state index in [2.05, 4.69) is 29.4 Å². The van der Waals surface area contributed by atoms with Crippen molar-refractivity contribution >= 4 is 40.1 Å². The fourth-order valence-electron chi connectivity index (χ4n) is 2.41. The van der Waals surface area contributed by atoms with Gasteiger partial charge in [-0.15, -0.1) is 11.3 Å². The zero-order chi connectivity index (χ0) is 19.2. The van der Waals surface area contributed by atoms with E-state index in [9.17, 15) is 10.1 Å². The number of rotatable bonds is 5. The number of nitriles is 1. The monoisotopic (exact) mass is 393 g/mol. The molecule has 27 heavy (non-hydrogen) atoms. The van der Waals surface area contributed by atoms with E-state index in [1.165, 1.54) is 23.0 Å². The lowest BCUT2D eigenvalue weighted by atomic mass is 10.1. The van der Waals surface area contributed by atoms with Crippen molar-refractivity contribution in [2.45, 2.75) is 13.3 Å². The van der Waals surface area contributed by atoms with Crippen LogP contribution >= 0.6 is 22.9 Å². The molecule has 6 heteroatoms. The maximum absolute atomic E-state index is 12.4. The van der Waals surface area contributed by atoms with Gasteiger partial charge in [-0.25, -0.2) is 4.98 Å². The second-order valence-electron chi connectivity index (χ2n) is 5.76. The Morgan fingerprint density at radius 3 is 2.56 bits per heavy atom. The van der Waals surface area contributed by atoms with E-state index in [1.807, 2.05) is 23.6 Å². The second kappa shape index (κ2) is 8.63. The lowest BCUT2D eigenvalue weighted by molar-refractivity contribution is -0.112. The summed E-state index contributed by atoms with van der Waals surface area (Å²) in [6.07, 6.45) is 2.50. The van der Waals surface area contributed by atoms with Gasteiger partial charge in [0.05, 0.1) is 5.69 Å². The summed E-state index contributed by atoms with van der Waals surface area (Å²) in [5, 5.41) is 14.9. The van der Waals surface area contributed by atoms with Crippen molar-refractivity contribution in [1.82, 2.24) is 4.98 Å². The highest BCUT2D eigenvalue weighted by Crippen LogP contribution is 2.25. The maximum atomic E-state index is 12.4. The molecule has 0 saturated carbocycles. The Kier molecular flexibility index (Phi) is 6.02. The van der Waals surface area contributed by atoms with E-state index in [1.54, 1.807) is 24.3 Å². The van der Waals surface area contributed by atoms with E-state index in [0.717, 1.165) is 23.2 Å². The van der Waals surface area contributed by atoms with Crippen molar-refractivity contribution in [3.8, 4) is 17.3 Å². The summed E-state index contributed by atoms with van der Waals surface area (Å²) in [7, 11) is 0. The van der Waals surface area contributed by atoms with Gasteiger partial charge in [-0.3, -0.25) is 10.1 Å². The van der Waals surface area contributed by atoms with Crippen molar-refractivity contribution in [1.29, 1.82) is 5.26 Å². The molecule has 0 aliphatic rings. The molecule has 0 unspecified atom stereocenters. The summed E-state index contributed by atoms with van der Waals surface area (Å²) >= 11 is 7.17. The molecule has 0 fully saturated rings. The van der Waals surface area contributed by atoms with Gasteiger partial charge >= 0.3 is 0 Å². The average molecular weight is 394 g/mol. The van der Waals surface area contributed by atoms with E-state index in [0.29, 0.717) is 10.2 Å². The summed E-state index contributed by atoms with van der Waals surface area (Å²) in [4.78, 5) is 16.8. The summed E-state index contributed by atoms with van der Waals surface area (Å²) in [5.41, 5.74) is 3.76. The Morgan fingerprint density at radius 1 is 1.22 bits per heavy atom. The lowest BCUT2D eigenvalue weighted by Crippen LogP contribution is -2.13. The van der Waals surface area contributed by atoms with Gasteiger partial charge in [-0.2, -0.15) is 5.26 Å². The van der Waals surface area contributed by atoms with Crippen LogP contribution in [-0.2, 0) is 11.2 Å². The number of anilines is 1. The third-order valence-corrected chi connectivity index (χ3v) is 4.94. The predicted molar refractivity (Wildman–Crippen MR) is 111 cm³/mol. The largest absolute Gasteiger partial charge is 0.297 e. The number of carbonyl (C=O) groups excluding carboxylic acids is 1. The van der Waals surface area contributed by atoms with Crippen molar-refractivity contribution in [2.24, 2.45) is 0 Å². The number of nitrogens with one attached hydrogen (secondary N) is 1. The number of hydrogen-bond donors (Lipinski definition) is 1. The van der Waals surface area contributed by atoms with Gasteiger partial charge < -0.3 is 0 Å². The molecule has 0 radical (unpaired) electrons. The van der Waals surface area contributed by atoms with E-state index in [4.69, 9.17) is 11.6 Å². The number of halogens is 1. The Bertz CT molecular complexity index is 1010. The predicted octanol–water partition coefficient (Wildman–Crippen LogP) is 5.57. The zero-order valence-electron chi connectivity index (χ0n) is 14.6. The minimum Gasteiger partial charge on any atom is -0.297 e. The maximum Gasteiger partial charge on any atom is 0.268 e. The number of hydrogen-bond acceptors (Lipinski definition) is 4. The Labute approximate surface area is 166 Å². The van der Waals surface area contributed by atoms with Gasteiger partial charge in [0.2, 0.25) is 0 Å². The van der Waals surface area contributed by atoms with Crippen LogP contribution in [0.5, 0.6) is 0 Å². The number of aromatic nitrogens is 1. The average Bonchev–Trinajstić information content (AvgIpc) is 3.16. The molecule has 0 spiro atoms. The van der Waals surface area contributed by atoms with Gasteiger partial charge in [0, 0.05) is 16.0 Å². The van der Waals surface area contributed by atoms with Gasteiger partial charge in [0.15, 0.2) is 5.13 Å². The summed E-state index contributed by atoms with van der Waals surface area (Å²) in [5.74, 6) is -0.491. The quantitative estimate of drug-likeness (QED) is 0.455. The number of carbonyl (C=O) groups is 1. The van der Waals surface area contributed by atoms with Gasteiger partial charge in [0.1, 0.15) is 11.6 Å². The Balaban J connectivity index is 1.74. The SMILES string of the molecule is CCc1ccc(-c2csc(NC(=O)/C(C#N)=C/c3ccc(Cl)cc3)n2)cc1. The molecule has 0 aliphatic carbocycles. The molecule has 0 aliphatic heterocycles. The second-order valence-corrected chi connectivity index (χ2v) is 7.06. The summed E-state index contributed by atoms with van der Waals surface area (Å²) in [6.45, 7) is 2.11. The number of benzene rings is 2. The fraction of sp³-hybridized carbons (Fsp3) is 0.0952. The molecule has 3 rings (SSSR count). The van der Waals surface area contributed by atoms with Gasteiger partial charge in [-0.05, 0) is 35.8 Å². The molecule has 3 aromatic rings. The molecule has 134 valence electrons. The van der Waals surface area contributed by atoms with Crippen LogP contribution in [0.3, 0.4) is 0 Å². The Hall–Kier alpha value is -2.94. The molecule has 2 aromatic carbocycles. The molecule has 1 heterocycles. The smallest absolute Gasteiger partial charge is 0.268 e. The molecule has 0 bridgehead atoms. The number of thiazole rings is 1. The van der Waals surface area contributed by atoms with Crippen molar-refractivity contribution in [3.63, 3.8) is 0 Å². The lowest BCUT2D eigenvalue weighted by Gasteiger charge is -2.01. The highest BCUT2D eigenvalue weighted by atomic mass is 35.5. The van der Waals surface area contributed by atoms with Crippen molar-refractivity contribution < 1.29 is 4.79 Å². The third-order valence-electron chi connectivity index (χ3n) is 3.93. The first-order valence-corrected chi connectivity index (χ1v) is 9.58. The minimum absolute atomic E-state index is 0.00127.